The van der Waals surface area contributed by atoms with Gasteiger partial charge >= 0.3 is 5.97 Å². The van der Waals surface area contributed by atoms with Gasteiger partial charge in [0.05, 0.1) is 24.6 Å². The number of aliphatic carboxylic acids is 1. The van der Waals surface area contributed by atoms with Crippen molar-refractivity contribution in [1.29, 1.82) is 0 Å². The molecule has 1 N–H and O–H groups in total. The lowest BCUT2D eigenvalue weighted by atomic mass is 9.94. The highest BCUT2D eigenvalue weighted by molar-refractivity contribution is 7.91. The Labute approximate surface area is 117 Å². The zero-order valence-corrected chi connectivity index (χ0v) is 12.2. The lowest BCUT2D eigenvalue weighted by molar-refractivity contribution is -0.173. The zero-order valence-electron chi connectivity index (χ0n) is 11.4. The lowest BCUT2D eigenvalue weighted by Crippen LogP contribution is -2.63. The summed E-state index contributed by atoms with van der Waals surface area (Å²) in [5.74, 6) is -0.932. The van der Waals surface area contributed by atoms with Gasteiger partial charge in [0.2, 0.25) is 5.91 Å². The molecular formula is C12H19NO6S. The van der Waals surface area contributed by atoms with E-state index in [-0.39, 0.29) is 36.4 Å². The number of nitrogens with zero attached hydrogens (tertiary/aromatic N) is 1. The standard InChI is InChI=1S/C12H19NO6S/c1-12(19-5-11(15)16)7-13(8-12)10(14)4-9-2-3-20(17,18)6-9/h9H,2-8H2,1H3,(H,15,16). The van der Waals surface area contributed by atoms with E-state index in [1.165, 1.54) is 0 Å². The van der Waals surface area contributed by atoms with Crippen LogP contribution in [0.3, 0.4) is 0 Å². The Bertz CT molecular complexity index is 508. The molecule has 2 aliphatic heterocycles. The average Bonchev–Trinajstić information content (AvgIpc) is 2.62. The summed E-state index contributed by atoms with van der Waals surface area (Å²) in [6.07, 6.45) is 0.795. The number of sulfone groups is 1. The van der Waals surface area contributed by atoms with Crippen LogP contribution in [-0.2, 0) is 24.2 Å². The number of ether oxygens (including phenoxy) is 1. The number of carbonyl (C=O) groups excluding carboxylic acids is 1. The Morgan fingerprint density at radius 1 is 1.40 bits per heavy atom. The summed E-state index contributed by atoms with van der Waals surface area (Å²) >= 11 is 0. The number of carboxylic acids is 1. The normalized spacial score (nSPS) is 27.1. The number of rotatable bonds is 5. The van der Waals surface area contributed by atoms with E-state index in [1.807, 2.05) is 0 Å². The van der Waals surface area contributed by atoms with Crippen molar-refractivity contribution in [1.82, 2.24) is 4.90 Å². The second-order valence-electron chi connectivity index (χ2n) is 5.86. The fourth-order valence-electron chi connectivity index (χ4n) is 2.67. The molecule has 2 saturated heterocycles. The van der Waals surface area contributed by atoms with Crippen molar-refractivity contribution < 1.29 is 27.9 Å². The summed E-state index contributed by atoms with van der Waals surface area (Å²) in [6.45, 7) is 2.11. The van der Waals surface area contributed by atoms with E-state index in [4.69, 9.17) is 9.84 Å². The van der Waals surface area contributed by atoms with Crippen LogP contribution in [0.4, 0.5) is 0 Å². The predicted octanol–water partition coefficient (Wildman–Crippen LogP) is -0.487. The van der Waals surface area contributed by atoms with Crippen molar-refractivity contribution in [2.24, 2.45) is 5.92 Å². The Morgan fingerprint density at radius 3 is 2.55 bits per heavy atom. The molecule has 1 atom stereocenters. The maximum absolute atomic E-state index is 12.0. The molecule has 0 saturated carbocycles. The molecule has 2 fully saturated rings. The smallest absolute Gasteiger partial charge is 0.329 e. The number of carbonyl (C=O) groups is 2. The minimum atomic E-state index is -2.96. The molecular weight excluding hydrogens is 286 g/mol. The summed E-state index contributed by atoms with van der Waals surface area (Å²) in [5.41, 5.74) is -0.601. The monoisotopic (exact) mass is 305 g/mol. The molecule has 0 spiro atoms. The fraction of sp³-hybridized carbons (Fsp3) is 0.833. The second-order valence-corrected chi connectivity index (χ2v) is 8.08. The third kappa shape index (κ3) is 3.69. The first-order valence-electron chi connectivity index (χ1n) is 6.53. The van der Waals surface area contributed by atoms with Crippen molar-refractivity contribution in [3.05, 3.63) is 0 Å². The molecule has 8 heteroatoms. The minimum absolute atomic E-state index is 0.0801. The predicted molar refractivity (Wildman–Crippen MR) is 70.0 cm³/mol. The van der Waals surface area contributed by atoms with Crippen LogP contribution in [0.1, 0.15) is 19.8 Å². The van der Waals surface area contributed by atoms with Crippen LogP contribution < -0.4 is 0 Å². The summed E-state index contributed by atoms with van der Waals surface area (Å²) in [5, 5.41) is 8.55. The van der Waals surface area contributed by atoms with Gasteiger partial charge in [0.15, 0.2) is 9.84 Å². The molecule has 0 bridgehead atoms. The van der Waals surface area contributed by atoms with E-state index in [1.54, 1.807) is 11.8 Å². The fourth-order valence-corrected chi connectivity index (χ4v) is 4.54. The van der Waals surface area contributed by atoms with Gasteiger partial charge in [0.1, 0.15) is 12.2 Å². The Balaban J connectivity index is 1.75. The number of amides is 1. The molecule has 0 aromatic heterocycles. The topological polar surface area (TPSA) is 101 Å². The third-order valence-corrected chi connectivity index (χ3v) is 5.57. The molecule has 7 nitrogen and oxygen atoms in total. The molecule has 0 radical (unpaired) electrons. The molecule has 2 heterocycles. The quantitative estimate of drug-likeness (QED) is 0.736. The molecule has 1 unspecified atom stereocenters. The van der Waals surface area contributed by atoms with E-state index in [0.29, 0.717) is 19.5 Å². The molecule has 0 aromatic rings. The summed E-state index contributed by atoms with van der Waals surface area (Å²) in [7, 11) is -2.96. The minimum Gasteiger partial charge on any atom is -0.480 e. The molecule has 2 rings (SSSR count). The molecule has 20 heavy (non-hydrogen) atoms. The number of carboxylic acid groups (broad SMARTS) is 1. The molecule has 2 aliphatic rings. The number of hydrogen-bond acceptors (Lipinski definition) is 5. The van der Waals surface area contributed by atoms with E-state index >= 15 is 0 Å². The van der Waals surface area contributed by atoms with Gasteiger partial charge in [0.25, 0.3) is 0 Å². The summed E-state index contributed by atoms with van der Waals surface area (Å²) < 4.78 is 27.9. The van der Waals surface area contributed by atoms with Crippen LogP contribution in [0, 0.1) is 5.92 Å². The van der Waals surface area contributed by atoms with Crippen LogP contribution in [-0.4, -0.2) is 67.1 Å². The van der Waals surface area contributed by atoms with E-state index in [0.717, 1.165) is 0 Å². The molecule has 0 aromatic carbocycles. The van der Waals surface area contributed by atoms with Gasteiger partial charge in [-0.25, -0.2) is 13.2 Å². The van der Waals surface area contributed by atoms with Crippen LogP contribution in [0.2, 0.25) is 0 Å². The van der Waals surface area contributed by atoms with Gasteiger partial charge in [-0.3, -0.25) is 4.79 Å². The lowest BCUT2D eigenvalue weighted by Gasteiger charge is -2.47. The SMILES string of the molecule is CC1(OCC(=O)O)CN(C(=O)CC2CCS(=O)(=O)C2)C1. The largest absolute Gasteiger partial charge is 0.480 e. The van der Waals surface area contributed by atoms with Gasteiger partial charge < -0.3 is 14.7 Å². The van der Waals surface area contributed by atoms with Gasteiger partial charge in [-0.15, -0.1) is 0 Å². The van der Waals surface area contributed by atoms with Crippen molar-refractivity contribution in [3.63, 3.8) is 0 Å². The van der Waals surface area contributed by atoms with E-state index in [9.17, 15) is 18.0 Å². The first-order valence-corrected chi connectivity index (χ1v) is 8.35. The van der Waals surface area contributed by atoms with Crippen molar-refractivity contribution >= 4 is 21.7 Å². The Hall–Kier alpha value is -1.15. The Kier molecular flexibility index (Phi) is 4.06. The van der Waals surface area contributed by atoms with Crippen LogP contribution in [0.25, 0.3) is 0 Å². The van der Waals surface area contributed by atoms with Crippen molar-refractivity contribution in [2.75, 3.05) is 31.2 Å². The highest BCUT2D eigenvalue weighted by atomic mass is 32.2. The first kappa shape index (κ1) is 15.2. The number of hydrogen-bond donors (Lipinski definition) is 1. The summed E-state index contributed by atoms with van der Waals surface area (Å²) in [6, 6.07) is 0. The van der Waals surface area contributed by atoms with Crippen molar-refractivity contribution in [3.8, 4) is 0 Å². The zero-order chi connectivity index (χ0) is 15.0. The highest BCUT2D eigenvalue weighted by Crippen LogP contribution is 2.28. The van der Waals surface area contributed by atoms with Crippen LogP contribution in [0.5, 0.6) is 0 Å². The average molecular weight is 305 g/mol. The molecule has 1 amide bonds. The highest BCUT2D eigenvalue weighted by Gasteiger charge is 2.43. The molecule has 114 valence electrons. The van der Waals surface area contributed by atoms with E-state index in [2.05, 4.69) is 0 Å². The van der Waals surface area contributed by atoms with Crippen LogP contribution in [0.15, 0.2) is 0 Å². The maximum atomic E-state index is 12.0. The Morgan fingerprint density at radius 2 is 2.05 bits per heavy atom. The summed E-state index contributed by atoms with van der Waals surface area (Å²) in [4.78, 5) is 24.0. The maximum Gasteiger partial charge on any atom is 0.329 e. The van der Waals surface area contributed by atoms with Gasteiger partial charge in [0, 0.05) is 6.42 Å². The molecule has 0 aliphatic carbocycles. The van der Waals surface area contributed by atoms with Crippen LogP contribution >= 0.6 is 0 Å². The first-order chi connectivity index (χ1) is 9.19. The van der Waals surface area contributed by atoms with Gasteiger partial charge in [-0.2, -0.15) is 0 Å². The van der Waals surface area contributed by atoms with Crippen molar-refractivity contribution in [2.45, 2.75) is 25.4 Å². The van der Waals surface area contributed by atoms with Gasteiger partial charge in [-0.1, -0.05) is 0 Å². The van der Waals surface area contributed by atoms with E-state index < -0.39 is 21.4 Å². The third-order valence-electron chi connectivity index (χ3n) is 3.74. The van der Waals surface area contributed by atoms with Gasteiger partial charge in [-0.05, 0) is 19.3 Å². The number of likely N-dealkylation sites (tertiary alicyclic amines) is 1. The second kappa shape index (κ2) is 5.33.